The summed E-state index contributed by atoms with van der Waals surface area (Å²) in [5.41, 5.74) is 0.630. The van der Waals surface area contributed by atoms with Gasteiger partial charge >= 0.3 is 0 Å². The monoisotopic (exact) mass is 346 g/mol. The quantitative estimate of drug-likeness (QED) is 0.872. The molecule has 0 spiro atoms. The lowest BCUT2D eigenvalue weighted by Gasteiger charge is -2.41. The van der Waals surface area contributed by atoms with Crippen molar-refractivity contribution in [3.63, 3.8) is 0 Å². The van der Waals surface area contributed by atoms with E-state index in [9.17, 15) is 10.2 Å². The van der Waals surface area contributed by atoms with Crippen LogP contribution >= 0.6 is 11.8 Å². The van der Waals surface area contributed by atoms with E-state index in [2.05, 4.69) is 0 Å². The molecule has 1 fully saturated rings. The molecule has 0 aromatic heterocycles. The summed E-state index contributed by atoms with van der Waals surface area (Å²) < 4.78 is 11.8. The van der Waals surface area contributed by atoms with Gasteiger partial charge in [-0.15, -0.1) is 0 Å². The molecule has 2 N–H and O–H groups in total. The van der Waals surface area contributed by atoms with Crippen molar-refractivity contribution in [2.45, 2.75) is 48.3 Å². The van der Waals surface area contributed by atoms with Gasteiger partial charge in [0.15, 0.2) is 0 Å². The predicted molar refractivity (Wildman–Crippen MR) is 93.7 cm³/mol. The van der Waals surface area contributed by atoms with Gasteiger partial charge in [0.25, 0.3) is 0 Å². The third-order valence-corrected chi connectivity index (χ3v) is 5.22. The first-order valence-electron chi connectivity index (χ1n) is 8.04. The van der Waals surface area contributed by atoms with Gasteiger partial charge in [0.05, 0.1) is 12.7 Å². The van der Waals surface area contributed by atoms with E-state index in [0.717, 1.165) is 10.5 Å². The normalized spacial score (nSPS) is 30.2. The summed E-state index contributed by atoms with van der Waals surface area (Å²) >= 11 is 1.50. The number of thioether (sulfide) groups is 1. The number of hydrogen-bond acceptors (Lipinski definition) is 5. The molecule has 2 aromatic carbocycles. The molecular formula is C19H22O4S. The van der Waals surface area contributed by atoms with Crippen LogP contribution in [0.15, 0.2) is 65.6 Å². The van der Waals surface area contributed by atoms with Crippen LogP contribution in [0.5, 0.6) is 0 Å². The Morgan fingerprint density at radius 2 is 1.58 bits per heavy atom. The van der Waals surface area contributed by atoms with Gasteiger partial charge in [0.1, 0.15) is 23.7 Å². The first-order chi connectivity index (χ1) is 11.6. The minimum absolute atomic E-state index is 0.360. The second-order valence-corrected chi connectivity index (χ2v) is 7.05. The fraction of sp³-hybridized carbons (Fsp3) is 0.368. The summed E-state index contributed by atoms with van der Waals surface area (Å²) in [6.07, 6.45) is -3.00. The molecule has 0 unspecified atom stereocenters. The van der Waals surface area contributed by atoms with E-state index in [1.807, 2.05) is 60.7 Å². The Labute approximate surface area is 146 Å². The molecule has 1 aliphatic heterocycles. The third-order valence-electron chi connectivity index (χ3n) is 4.07. The lowest BCUT2D eigenvalue weighted by Crippen LogP contribution is -2.56. The zero-order valence-corrected chi connectivity index (χ0v) is 14.3. The van der Waals surface area contributed by atoms with Gasteiger partial charge in [0.2, 0.25) is 0 Å². The molecule has 1 aliphatic rings. The van der Waals surface area contributed by atoms with Crippen LogP contribution in [0, 0.1) is 0 Å². The van der Waals surface area contributed by atoms with Gasteiger partial charge in [0, 0.05) is 4.90 Å². The number of hydrogen-bond donors (Lipinski definition) is 2. The average Bonchev–Trinajstić information content (AvgIpc) is 2.61. The smallest absolute Gasteiger partial charge is 0.136 e. The number of benzene rings is 2. The second-order valence-electron chi connectivity index (χ2n) is 5.88. The van der Waals surface area contributed by atoms with E-state index in [-0.39, 0.29) is 5.44 Å². The van der Waals surface area contributed by atoms with Crippen LogP contribution in [0.1, 0.15) is 12.5 Å². The highest BCUT2D eigenvalue weighted by molar-refractivity contribution is 7.99. The first kappa shape index (κ1) is 17.5. The molecule has 0 saturated carbocycles. The molecular weight excluding hydrogens is 324 g/mol. The van der Waals surface area contributed by atoms with Gasteiger partial charge < -0.3 is 19.7 Å². The van der Waals surface area contributed by atoms with Crippen LogP contribution in [0.4, 0.5) is 0 Å². The van der Waals surface area contributed by atoms with Gasteiger partial charge in [-0.3, -0.25) is 0 Å². The van der Waals surface area contributed by atoms with Crippen LogP contribution < -0.4 is 0 Å². The molecule has 0 aliphatic carbocycles. The highest BCUT2D eigenvalue weighted by Crippen LogP contribution is 2.35. The van der Waals surface area contributed by atoms with Crippen molar-refractivity contribution >= 4 is 11.8 Å². The Morgan fingerprint density at radius 3 is 2.25 bits per heavy atom. The predicted octanol–water partition coefficient (Wildman–Crippen LogP) is 2.83. The molecule has 5 heteroatoms. The highest BCUT2D eigenvalue weighted by atomic mass is 32.2. The fourth-order valence-electron chi connectivity index (χ4n) is 2.67. The standard InChI is InChI=1S/C19H22O4S/c1-13-16(20)17(21)18(22-12-14-8-4-2-5-9-14)19(23-13)24-15-10-6-3-7-11-15/h2-11,13,16-21H,12H2,1H3/t13-,16-,17-,18-,19-/m0/s1. The molecule has 0 amide bonds. The number of rotatable bonds is 5. The van der Waals surface area contributed by atoms with Crippen molar-refractivity contribution in [1.82, 2.24) is 0 Å². The van der Waals surface area contributed by atoms with Crippen molar-refractivity contribution in [2.24, 2.45) is 0 Å². The van der Waals surface area contributed by atoms with Crippen molar-refractivity contribution < 1.29 is 19.7 Å². The maximum absolute atomic E-state index is 10.5. The number of aliphatic hydroxyl groups is 2. The van der Waals surface area contributed by atoms with E-state index in [1.54, 1.807) is 6.92 Å². The molecule has 0 bridgehead atoms. The van der Waals surface area contributed by atoms with E-state index < -0.39 is 24.4 Å². The van der Waals surface area contributed by atoms with Gasteiger partial charge in [-0.1, -0.05) is 60.3 Å². The summed E-state index contributed by atoms with van der Waals surface area (Å²) in [6.45, 7) is 2.12. The Morgan fingerprint density at radius 1 is 0.958 bits per heavy atom. The average molecular weight is 346 g/mol. The molecule has 128 valence electrons. The Hall–Kier alpha value is -1.37. The SMILES string of the molecule is C[C@@H]1O[C@@H](Sc2ccccc2)[C@@H](OCc2ccccc2)[C@@H](O)[C@H]1O. The number of ether oxygens (including phenoxy) is 2. The zero-order valence-electron chi connectivity index (χ0n) is 13.5. The van der Waals surface area contributed by atoms with Gasteiger partial charge in [-0.2, -0.15) is 0 Å². The van der Waals surface area contributed by atoms with Crippen LogP contribution in [-0.2, 0) is 16.1 Å². The van der Waals surface area contributed by atoms with Crippen LogP contribution in [0.25, 0.3) is 0 Å². The lowest BCUT2D eigenvalue weighted by molar-refractivity contribution is -0.210. The van der Waals surface area contributed by atoms with E-state index in [1.165, 1.54) is 11.8 Å². The minimum atomic E-state index is -0.987. The Balaban J connectivity index is 1.72. The summed E-state index contributed by atoms with van der Waals surface area (Å²) in [5, 5.41) is 20.6. The summed E-state index contributed by atoms with van der Waals surface area (Å²) in [6, 6.07) is 19.6. The third kappa shape index (κ3) is 4.18. The summed E-state index contributed by atoms with van der Waals surface area (Å²) in [5.74, 6) is 0. The van der Waals surface area contributed by atoms with Crippen molar-refractivity contribution in [3.8, 4) is 0 Å². The van der Waals surface area contributed by atoms with Crippen molar-refractivity contribution in [2.75, 3.05) is 0 Å². The fourth-order valence-corrected chi connectivity index (χ4v) is 3.86. The van der Waals surface area contributed by atoms with Gasteiger partial charge in [-0.05, 0) is 24.6 Å². The van der Waals surface area contributed by atoms with Crippen LogP contribution in [0.2, 0.25) is 0 Å². The molecule has 4 nitrogen and oxygen atoms in total. The summed E-state index contributed by atoms with van der Waals surface area (Å²) in [4.78, 5) is 1.03. The van der Waals surface area contributed by atoms with Crippen LogP contribution in [0.3, 0.4) is 0 Å². The molecule has 1 saturated heterocycles. The van der Waals surface area contributed by atoms with Crippen LogP contribution in [-0.4, -0.2) is 40.1 Å². The molecule has 5 atom stereocenters. The topological polar surface area (TPSA) is 58.9 Å². The zero-order chi connectivity index (χ0) is 16.9. The molecule has 3 rings (SSSR count). The highest BCUT2D eigenvalue weighted by Gasteiger charge is 2.43. The first-order valence-corrected chi connectivity index (χ1v) is 8.92. The Bertz CT molecular complexity index is 622. The largest absolute Gasteiger partial charge is 0.388 e. The van der Waals surface area contributed by atoms with Gasteiger partial charge in [-0.25, -0.2) is 0 Å². The number of aliphatic hydroxyl groups excluding tert-OH is 2. The maximum atomic E-state index is 10.5. The lowest BCUT2D eigenvalue weighted by atomic mass is 10.0. The van der Waals surface area contributed by atoms with Crippen molar-refractivity contribution in [3.05, 3.63) is 66.2 Å². The Kier molecular flexibility index (Phi) is 5.92. The maximum Gasteiger partial charge on any atom is 0.136 e. The molecule has 24 heavy (non-hydrogen) atoms. The van der Waals surface area contributed by atoms with E-state index in [4.69, 9.17) is 9.47 Å². The minimum Gasteiger partial charge on any atom is -0.388 e. The molecule has 2 aromatic rings. The molecule has 1 heterocycles. The van der Waals surface area contributed by atoms with Crippen molar-refractivity contribution in [1.29, 1.82) is 0 Å². The summed E-state index contributed by atoms with van der Waals surface area (Å²) in [7, 11) is 0. The second kappa shape index (κ2) is 8.14. The van der Waals surface area contributed by atoms with E-state index >= 15 is 0 Å². The van der Waals surface area contributed by atoms with E-state index in [0.29, 0.717) is 6.61 Å². The molecule has 0 radical (unpaired) electrons.